The van der Waals surface area contributed by atoms with Gasteiger partial charge >= 0.3 is 7.82 Å². The Labute approximate surface area is 205 Å². The van der Waals surface area contributed by atoms with Gasteiger partial charge in [0.25, 0.3) is 0 Å². The Morgan fingerprint density at radius 3 is 1.72 bits per heavy atom. The van der Waals surface area contributed by atoms with Crippen molar-refractivity contribution < 1.29 is 28.0 Å². The zero-order chi connectivity index (χ0) is 23.3. The topological polar surface area (TPSA) is 74.2 Å². The average Bonchev–Trinajstić information content (AvgIpc) is 2.80. The van der Waals surface area contributed by atoms with Crippen LogP contribution in [0.25, 0.3) is 0 Å². The maximum absolute atomic E-state index is 11.6. The van der Waals surface area contributed by atoms with Crippen molar-refractivity contribution in [3.63, 3.8) is 0 Å². The van der Waals surface area contributed by atoms with E-state index < -0.39 is 7.82 Å². The first-order valence-electron chi connectivity index (χ1n) is 13.0. The zero-order valence-electron chi connectivity index (χ0n) is 20.3. The molecule has 0 bridgehead atoms. The lowest BCUT2D eigenvalue weighted by Crippen LogP contribution is -2.38. The van der Waals surface area contributed by atoms with Crippen LogP contribution in [0, 0.1) is 0 Å². The lowest BCUT2D eigenvalue weighted by molar-refractivity contribution is -0.145. The monoisotopic (exact) mass is 542 g/mol. The Balaban J connectivity index is 1.84. The highest BCUT2D eigenvalue weighted by Crippen LogP contribution is 2.43. The van der Waals surface area contributed by atoms with Gasteiger partial charge in [0.1, 0.15) is 6.10 Å². The number of hydrogen-bond donors (Lipinski definition) is 1. The Hall–Kier alpha value is 0.510. The Kier molecular flexibility index (Phi) is 19.9. The van der Waals surface area contributed by atoms with Crippen molar-refractivity contribution in [3.05, 3.63) is 0 Å². The van der Waals surface area contributed by atoms with Gasteiger partial charge in [-0.15, -0.1) is 0 Å². The van der Waals surface area contributed by atoms with Crippen LogP contribution < -0.4 is 0 Å². The molecule has 1 heterocycles. The lowest BCUT2D eigenvalue weighted by Gasteiger charge is -2.29. The number of rotatable bonds is 22. The molecule has 1 saturated heterocycles. The Morgan fingerprint density at radius 2 is 1.25 bits per heavy atom. The summed E-state index contributed by atoms with van der Waals surface area (Å²) in [6.45, 7) is 3.31. The molecule has 6 nitrogen and oxygen atoms in total. The summed E-state index contributed by atoms with van der Waals surface area (Å²) >= 11 is 3.14. The van der Waals surface area contributed by atoms with Crippen molar-refractivity contribution in [2.75, 3.05) is 31.8 Å². The molecule has 1 unspecified atom stereocenters. The van der Waals surface area contributed by atoms with Gasteiger partial charge in [-0.05, 0) is 6.42 Å². The second-order valence-corrected chi connectivity index (χ2v) is 11.2. The molecule has 1 aliphatic rings. The molecule has 32 heavy (non-hydrogen) atoms. The van der Waals surface area contributed by atoms with Crippen LogP contribution in [-0.4, -0.2) is 48.9 Å². The molecule has 192 valence electrons. The maximum Gasteiger partial charge on any atom is 0.472 e. The molecule has 0 aromatic heterocycles. The summed E-state index contributed by atoms with van der Waals surface area (Å²) in [6.07, 6.45) is 21.4. The van der Waals surface area contributed by atoms with Crippen molar-refractivity contribution in [2.24, 2.45) is 0 Å². The minimum Gasteiger partial charge on any atom is -0.373 e. The molecular formula is C24H48BrO6P. The highest BCUT2D eigenvalue weighted by Gasteiger charge is 2.27. The van der Waals surface area contributed by atoms with Gasteiger partial charge in [-0.3, -0.25) is 9.05 Å². The minimum atomic E-state index is -4.00. The number of hydrogen-bond acceptors (Lipinski definition) is 5. The van der Waals surface area contributed by atoms with E-state index in [0.29, 0.717) is 18.5 Å². The number of unbranched alkanes of at least 4 members (excludes halogenated alkanes) is 14. The van der Waals surface area contributed by atoms with E-state index in [1.165, 1.54) is 96.3 Å². The molecule has 0 aromatic rings. The first-order valence-corrected chi connectivity index (χ1v) is 15.6. The third-order valence-electron chi connectivity index (χ3n) is 5.92. The summed E-state index contributed by atoms with van der Waals surface area (Å²) < 4.78 is 32.9. The van der Waals surface area contributed by atoms with Crippen LogP contribution in [0.15, 0.2) is 0 Å². The van der Waals surface area contributed by atoms with E-state index in [9.17, 15) is 9.46 Å². The Morgan fingerprint density at radius 1 is 0.781 bits per heavy atom. The third kappa shape index (κ3) is 17.9. The van der Waals surface area contributed by atoms with E-state index >= 15 is 0 Å². The van der Waals surface area contributed by atoms with Crippen LogP contribution in [0.3, 0.4) is 0 Å². The van der Waals surface area contributed by atoms with Gasteiger partial charge in [0.2, 0.25) is 0 Å². The first kappa shape index (κ1) is 30.5. The smallest absolute Gasteiger partial charge is 0.373 e. The SMILES string of the molecule is CCCCCCCCCCCCCCCCC[C@@H]1CO[C@@H](COP(=O)(O)OCCBr)CO1. The van der Waals surface area contributed by atoms with Crippen LogP contribution in [-0.2, 0) is 23.1 Å². The molecular weight excluding hydrogens is 495 g/mol. The van der Waals surface area contributed by atoms with Crippen molar-refractivity contribution in [1.82, 2.24) is 0 Å². The van der Waals surface area contributed by atoms with Gasteiger partial charge in [-0.2, -0.15) is 0 Å². The molecule has 8 heteroatoms. The molecule has 0 aliphatic carbocycles. The summed E-state index contributed by atoms with van der Waals surface area (Å²) in [4.78, 5) is 9.52. The number of halogens is 1. The highest BCUT2D eigenvalue weighted by atomic mass is 79.9. The van der Waals surface area contributed by atoms with E-state index in [-0.39, 0.29) is 25.4 Å². The van der Waals surface area contributed by atoms with E-state index in [1.807, 2.05) is 0 Å². The Bertz CT molecular complexity index is 460. The molecule has 1 rings (SSSR count). The van der Waals surface area contributed by atoms with Gasteiger partial charge in [0.15, 0.2) is 0 Å². The summed E-state index contributed by atoms with van der Waals surface area (Å²) in [7, 11) is -4.00. The number of phosphoric ester groups is 1. The fourth-order valence-electron chi connectivity index (χ4n) is 3.95. The van der Waals surface area contributed by atoms with Crippen LogP contribution in [0.4, 0.5) is 0 Å². The fourth-order valence-corrected chi connectivity index (χ4v) is 5.12. The minimum absolute atomic E-state index is 0.00173. The number of ether oxygens (including phenoxy) is 2. The largest absolute Gasteiger partial charge is 0.472 e. The second kappa shape index (κ2) is 20.8. The van der Waals surface area contributed by atoms with Crippen molar-refractivity contribution >= 4 is 23.8 Å². The number of phosphoric acid groups is 1. The van der Waals surface area contributed by atoms with E-state index in [1.54, 1.807) is 0 Å². The average molecular weight is 544 g/mol. The quantitative estimate of drug-likeness (QED) is 0.0863. The highest BCUT2D eigenvalue weighted by molar-refractivity contribution is 9.09. The van der Waals surface area contributed by atoms with Crippen LogP contribution in [0.2, 0.25) is 0 Å². The predicted octanol–water partition coefficient (Wildman–Crippen LogP) is 7.56. The van der Waals surface area contributed by atoms with Crippen molar-refractivity contribution in [2.45, 2.75) is 122 Å². The molecule has 0 saturated carbocycles. The van der Waals surface area contributed by atoms with Crippen LogP contribution in [0.5, 0.6) is 0 Å². The normalized spacial score (nSPS) is 21.0. The van der Waals surface area contributed by atoms with Crippen LogP contribution >= 0.6 is 23.8 Å². The first-order chi connectivity index (χ1) is 15.6. The van der Waals surface area contributed by atoms with E-state index in [0.717, 1.165) is 6.42 Å². The lowest BCUT2D eigenvalue weighted by atomic mass is 10.0. The zero-order valence-corrected chi connectivity index (χ0v) is 22.8. The molecule has 0 spiro atoms. The summed E-state index contributed by atoms with van der Waals surface area (Å²) in [5, 5.41) is 0.477. The molecule has 0 aromatic carbocycles. The van der Waals surface area contributed by atoms with Gasteiger partial charge in [-0.25, -0.2) is 4.57 Å². The summed E-state index contributed by atoms with van der Waals surface area (Å²) in [5.74, 6) is 0. The van der Waals surface area contributed by atoms with Crippen molar-refractivity contribution in [3.8, 4) is 0 Å². The van der Waals surface area contributed by atoms with Gasteiger partial charge in [0, 0.05) is 5.33 Å². The van der Waals surface area contributed by atoms with E-state index in [2.05, 4.69) is 22.9 Å². The predicted molar refractivity (Wildman–Crippen MR) is 135 cm³/mol. The molecule has 3 atom stereocenters. The molecule has 1 aliphatic heterocycles. The summed E-state index contributed by atoms with van der Waals surface area (Å²) in [6, 6.07) is 0. The molecule has 1 N–H and O–H groups in total. The van der Waals surface area contributed by atoms with Gasteiger partial charge in [-0.1, -0.05) is 119 Å². The van der Waals surface area contributed by atoms with Gasteiger partial charge < -0.3 is 14.4 Å². The number of alkyl halides is 1. The second-order valence-electron chi connectivity index (χ2n) is 8.94. The van der Waals surface area contributed by atoms with Crippen LogP contribution in [0.1, 0.15) is 110 Å². The molecule has 0 radical (unpaired) electrons. The maximum atomic E-state index is 11.6. The fraction of sp³-hybridized carbons (Fsp3) is 1.00. The third-order valence-corrected chi connectivity index (χ3v) is 7.23. The van der Waals surface area contributed by atoms with E-state index in [4.69, 9.17) is 18.5 Å². The van der Waals surface area contributed by atoms with Gasteiger partial charge in [0.05, 0.1) is 32.5 Å². The molecule has 1 fully saturated rings. The molecule has 0 amide bonds. The van der Waals surface area contributed by atoms with Crippen molar-refractivity contribution in [1.29, 1.82) is 0 Å². The standard InChI is InChI=1S/C24H48BrO6P/c1-2-3-4-5-6-7-8-9-10-11-12-13-14-15-16-17-23-20-29-24(21-28-23)22-31-32(26,27)30-19-18-25/h23-24H,2-22H2,1H3,(H,26,27)/t23-,24-/m1/s1. The summed E-state index contributed by atoms with van der Waals surface area (Å²) in [5.41, 5.74) is 0.